The molecule has 130 valence electrons. The third-order valence-electron chi connectivity index (χ3n) is 4.04. The van der Waals surface area contributed by atoms with Crippen molar-refractivity contribution in [2.24, 2.45) is 4.99 Å². The van der Waals surface area contributed by atoms with Crippen LogP contribution in [0.15, 0.2) is 57.9 Å². The number of benzene rings is 1. The Labute approximate surface area is 159 Å². The van der Waals surface area contributed by atoms with Crippen molar-refractivity contribution in [1.82, 2.24) is 14.9 Å². The first-order valence-corrected chi connectivity index (χ1v) is 9.75. The molecule has 1 aliphatic rings. The van der Waals surface area contributed by atoms with E-state index in [-0.39, 0.29) is 5.91 Å². The fourth-order valence-corrected chi connectivity index (χ4v) is 4.27. The van der Waals surface area contributed by atoms with E-state index in [1.165, 1.54) is 23.1 Å². The number of aromatic nitrogens is 2. The second-order valence-corrected chi connectivity index (χ2v) is 7.70. The number of para-hydroxylation sites is 1. The number of thiazole rings is 1. The molecule has 0 unspecified atom stereocenters. The van der Waals surface area contributed by atoms with E-state index in [0.29, 0.717) is 15.2 Å². The van der Waals surface area contributed by atoms with Crippen LogP contribution < -0.4 is 5.32 Å². The van der Waals surface area contributed by atoms with Gasteiger partial charge >= 0.3 is 0 Å². The summed E-state index contributed by atoms with van der Waals surface area (Å²) in [5.74, 6) is -0.130. The molecule has 0 bridgehead atoms. The molecule has 5 nitrogen and oxygen atoms in total. The zero-order valence-corrected chi connectivity index (χ0v) is 15.9. The van der Waals surface area contributed by atoms with Crippen molar-refractivity contribution in [1.29, 1.82) is 0 Å². The standard InChI is InChI=1S/C19H16N4OS2/c1-12-10-14(13(2)23(12)15-6-4-3-5-7-15)11-16-17(24)21-19(26-16)22-18-20-8-9-25-18/h3-11H,1-2H3,(H,20,21,22,24)/b16-11-. The van der Waals surface area contributed by atoms with Crippen molar-refractivity contribution in [3.8, 4) is 5.69 Å². The van der Waals surface area contributed by atoms with E-state index in [9.17, 15) is 4.79 Å². The molecule has 26 heavy (non-hydrogen) atoms. The Morgan fingerprint density at radius 1 is 1.23 bits per heavy atom. The zero-order valence-electron chi connectivity index (χ0n) is 14.3. The van der Waals surface area contributed by atoms with Gasteiger partial charge in [0.15, 0.2) is 5.17 Å². The number of carbonyl (C=O) groups is 1. The highest BCUT2D eigenvalue weighted by atomic mass is 32.2. The van der Waals surface area contributed by atoms with E-state index < -0.39 is 0 Å². The van der Waals surface area contributed by atoms with E-state index >= 15 is 0 Å². The second kappa shape index (κ2) is 6.93. The van der Waals surface area contributed by atoms with Gasteiger partial charge in [-0.05, 0) is 55.4 Å². The summed E-state index contributed by atoms with van der Waals surface area (Å²) in [5, 5.41) is 5.86. The minimum Gasteiger partial charge on any atom is -0.318 e. The number of aliphatic imine (C=N–C) groups is 1. The van der Waals surface area contributed by atoms with E-state index in [0.717, 1.165) is 22.6 Å². The molecule has 3 heterocycles. The van der Waals surface area contributed by atoms with E-state index in [1.54, 1.807) is 6.20 Å². The highest BCUT2D eigenvalue weighted by molar-refractivity contribution is 8.18. The third kappa shape index (κ3) is 3.23. The Kier molecular flexibility index (Phi) is 4.48. The number of thioether (sulfide) groups is 1. The predicted molar refractivity (Wildman–Crippen MR) is 108 cm³/mol. The maximum Gasteiger partial charge on any atom is 0.264 e. The average molecular weight is 380 g/mol. The van der Waals surface area contributed by atoms with Gasteiger partial charge in [0, 0.05) is 28.7 Å². The molecule has 0 atom stereocenters. The number of amides is 1. The Morgan fingerprint density at radius 3 is 2.77 bits per heavy atom. The van der Waals surface area contributed by atoms with Crippen LogP contribution in [0.3, 0.4) is 0 Å². The summed E-state index contributed by atoms with van der Waals surface area (Å²) < 4.78 is 2.19. The second-order valence-electron chi connectivity index (χ2n) is 5.79. The van der Waals surface area contributed by atoms with E-state index in [4.69, 9.17) is 0 Å². The number of aryl methyl sites for hydroxylation is 1. The van der Waals surface area contributed by atoms with Crippen LogP contribution in [0.4, 0.5) is 5.13 Å². The largest absolute Gasteiger partial charge is 0.318 e. The van der Waals surface area contributed by atoms with Gasteiger partial charge in [0.25, 0.3) is 5.91 Å². The van der Waals surface area contributed by atoms with E-state index in [1.807, 2.05) is 29.7 Å². The maximum absolute atomic E-state index is 12.3. The lowest BCUT2D eigenvalue weighted by atomic mass is 10.2. The van der Waals surface area contributed by atoms with Crippen LogP contribution in [-0.4, -0.2) is 20.6 Å². The van der Waals surface area contributed by atoms with Crippen LogP contribution in [0, 0.1) is 13.8 Å². The first-order valence-electron chi connectivity index (χ1n) is 8.05. The smallest absolute Gasteiger partial charge is 0.264 e. The summed E-state index contributed by atoms with van der Waals surface area (Å²) in [4.78, 5) is 21.4. The maximum atomic E-state index is 12.3. The van der Waals surface area contributed by atoms with E-state index in [2.05, 4.69) is 51.9 Å². The summed E-state index contributed by atoms with van der Waals surface area (Å²) in [7, 11) is 0. The lowest BCUT2D eigenvalue weighted by Gasteiger charge is -2.09. The fraction of sp³-hybridized carbons (Fsp3) is 0.105. The SMILES string of the molecule is Cc1cc(/C=C2\S/C(=N/c3nccs3)NC2=O)c(C)n1-c1ccccc1. The van der Waals surface area contributed by atoms with Gasteiger partial charge in [-0.3, -0.25) is 4.79 Å². The Bertz CT molecular complexity index is 1020. The number of hydrogen-bond donors (Lipinski definition) is 1. The normalized spacial score (nSPS) is 17.2. The number of hydrogen-bond acceptors (Lipinski definition) is 5. The zero-order chi connectivity index (χ0) is 18.1. The van der Waals surface area contributed by atoms with Crippen LogP contribution in [0.2, 0.25) is 0 Å². The molecule has 1 amide bonds. The minimum atomic E-state index is -0.130. The Morgan fingerprint density at radius 2 is 2.04 bits per heavy atom. The molecule has 1 fully saturated rings. The molecule has 7 heteroatoms. The number of rotatable bonds is 3. The van der Waals surface area contributed by atoms with Crippen molar-refractivity contribution >= 4 is 45.4 Å². The van der Waals surface area contributed by atoms with Crippen molar-refractivity contribution in [2.75, 3.05) is 0 Å². The van der Waals surface area contributed by atoms with Crippen LogP contribution in [0.5, 0.6) is 0 Å². The highest BCUT2D eigenvalue weighted by Crippen LogP contribution is 2.30. The topological polar surface area (TPSA) is 59.3 Å². The quantitative estimate of drug-likeness (QED) is 0.683. The number of carbonyl (C=O) groups excluding carboxylic acids is 1. The molecule has 4 rings (SSSR count). The molecule has 3 aromatic rings. The first-order chi connectivity index (χ1) is 12.6. The van der Waals surface area contributed by atoms with Gasteiger partial charge in [0.2, 0.25) is 5.13 Å². The summed E-state index contributed by atoms with van der Waals surface area (Å²) in [6.45, 7) is 4.13. The summed E-state index contributed by atoms with van der Waals surface area (Å²) >= 11 is 2.77. The number of nitrogens with zero attached hydrogens (tertiary/aromatic N) is 3. The molecule has 2 aromatic heterocycles. The third-order valence-corrected chi connectivity index (χ3v) is 5.61. The Hall–Kier alpha value is -2.64. The molecular weight excluding hydrogens is 364 g/mol. The van der Waals surface area contributed by atoms with Gasteiger partial charge in [-0.25, -0.2) is 4.98 Å². The number of amidine groups is 1. The van der Waals surface area contributed by atoms with Crippen molar-refractivity contribution in [3.63, 3.8) is 0 Å². The summed E-state index contributed by atoms with van der Waals surface area (Å²) in [6.07, 6.45) is 3.62. The number of nitrogens with one attached hydrogen (secondary N) is 1. The molecule has 0 spiro atoms. The summed E-state index contributed by atoms with van der Waals surface area (Å²) in [6, 6.07) is 12.3. The van der Waals surface area contributed by atoms with Crippen molar-refractivity contribution in [2.45, 2.75) is 13.8 Å². The molecule has 1 aromatic carbocycles. The van der Waals surface area contributed by atoms with Gasteiger partial charge < -0.3 is 9.88 Å². The minimum absolute atomic E-state index is 0.130. The summed E-state index contributed by atoms with van der Waals surface area (Å²) in [5.41, 5.74) is 4.36. The lowest BCUT2D eigenvalue weighted by Crippen LogP contribution is -2.19. The van der Waals surface area contributed by atoms with Gasteiger partial charge in [0.1, 0.15) is 0 Å². The molecule has 1 saturated heterocycles. The molecule has 1 N–H and O–H groups in total. The highest BCUT2D eigenvalue weighted by Gasteiger charge is 2.24. The first kappa shape index (κ1) is 16.8. The molecule has 0 aliphatic carbocycles. The fourth-order valence-electron chi connectivity index (χ4n) is 2.89. The van der Waals surface area contributed by atoms with Crippen molar-refractivity contribution < 1.29 is 4.79 Å². The van der Waals surface area contributed by atoms with Gasteiger partial charge in [-0.1, -0.05) is 18.2 Å². The van der Waals surface area contributed by atoms with Crippen LogP contribution in [-0.2, 0) is 4.79 Å². The molecule has 1 aliphatic heterocycles. The molecule has 0 saturated carbocycles. The van der Waals surface area contributed by atoms with Crippen LogP contribution in [0.1, 0.15) is 17.0 Å². The monoisotopic (exact) mass is 380 g/mol. The van der Waals surface area contributed by atoms with Crippen LogP contribution >= 0.6 is 23.1 Å². The van der Waals surface area contributed by atoms with Gasteiger partial charge in [-0.2, -0.15) is 4.99 Å². The van der Waals surface area contributed by atoms with Crippen LogP contribution in [0.25, 0.3) is 11.8 Å². The molecule has 0 radical (unpaired) electrons. The molecular formula is C19H16N4OS2. The Balaban J connectivity index is 1.66. The lowest BCUT2D eigenvalue weighted by molar-refractivity contribution is -0.115. The predicted octanol–water partition coefficient (Wildman–Crippen LogP) is 4.44. The van der Waals surface area contributed by atoms with Gasteiger partial charge in [-0.15, -0.1) is 11.3 Å². The van der Waals surface area contributed by atoms with Crippen molar-refractivity contribution in [3.05, 3.63) is 69.8 Å². The average Bonchev–Trinajstić information content (AvgIpc) is 3.31. The van der Waals surface area contributed by atoms with Gasteiger partial charge in [0.05, 0.1) is 4.91 Å².